The molecule has 0 saturated carbocycles. The van der Waals surface area contributed by atoms with Crippen molar-refractivity contribution in [2.75, 3.05) is 0 Å². The Kier molecular flexibility index (Phi) is 2.93. The van der Waals surface area contributed by atoms with Crippen LogP contribution >= 0.6 is 0 Å². The second-order valence-electron chi connectivity index (χ2n) is 3.49. The van der Waals surface area contributed by atoms with Crippen LogP contribution in [0.3, 0.4) is 0 Å². The molecule has 0 aliphatic heterocycles. The molecule has 0 aliphatic rings. The molecule has 0 heterocycles. The van der Waals surface area contributed by atoms with Crippen LogP contribution in [-0.4, -0.2) is 12.2 Å². The van der Waals surface area contributed by atoms with E-state index in [2.05, 4.69) is 9.98 Å². The summed E-state index contributed by atoms with van der Waals surface area (Å²) in [6.07, 6.45) is 3.04. The number of rotatable bonds is 2. The van der Waals surface area contributed by atoms with E-state index in [-0.39, 0.29) is 0 Å². The van der Waals surface area contributed by atoms with Crippen molar-refractivity contribution in [3.63, 3.8) is 0 Å². The third-order valence-corrected chi connectivity index (χ3v) is 2.61. The SMILES string of the molecule is Cc1c(N=C=O)ccc2c(N=C=O)cccc12. The van der Waals surface area contributed by atoms with Crippen molar-refractivity contribution in [1.29, 1.82) is 0 Å². The lowest BCUT2D eigenvalue weighted by atomic mass is 10.0. The summed E-state index contributed by atoms with van der Waals surface area (Å²) in [5.74, 6) is 0. The number of hydrogen-bond acceptors (Lipinski definition) is 4. The fourth-order valence-corrected chi connectivity index (χ4v) is 1.80. The van der Waals surface area contributed by atoms with Crippen LogP contribution in [-0.2, 0) is 9.59 Å². The Hall–Kier alpha value is -2.54. The van der Waals surface area contributed by atoms with Crippen molar-refractivity contribution >= 4 is 34.3 Å². The second kappa shape index (κ2) is 4.54. The Labute approximate surface area is 97.3 Å². The van der Waals surface area contributed by atoms with Gasteiger partial charge in [-0.1, -0.05) is 12.1 Å². The number of fused-ring (bicyclic) bond motifs is 1. The molecule has 4 nitrogen and oxygen atoms in total. The monoisotopic (exact) mass is 224 g/mol. The van der Waals surface area contributed by atoms with E-state index in [1.165, 1.54) is 12.2 Å². The summed E-state index contributed by atoms with van der Waals surface area (Å²) in [6.45, 7) is 1.85. The fourth-order valence-electron chi connectivity index (χ4n) is 1.80. The van der Waals surface area contributed by atoms with Gasteiger partial charge in [0.2, 0.25) is 12.2 Å². The Morgan fingerprint density at radius 1 is 0.882 bits per heavy atom. The molecule has 0 aliphatic carbocycles. The van der Waals surface area contributed by atoms with Gasteiger partial charge in [-0.25, -0.2) is 9.59 Å². The topological polar surface area (TPSA) is 58.9 Å². The fraction of sp³-hybridized carbons (Fsp3) is 0.0769. The first kappa shape index (κ1) is 11.0. The normalized spacial score (nSPS) is 9.47. The highest BCUT2D eigenvalue weighted by molar-refractivity contribution is 5.97. The van der Waals surface area contributed by atoms with E-state index in [4.69, 9.17) is 0 Å². The zero-order chi connectivity index (χ0) is 12.3. The Morgan fingerprint density at radius 3 is 2.29 bits per heavy atom. The molecule has 2 aromatic rings. The largest absolute Gasteiger partial charge is 0.240 e. The van der Waals surface area contributed by atoms with Gasteiger partial charge in [-0.05, 0) is 36.1 Å². The van der Waals surface area contributed by atoms with Crippen LogP contribution in [0.2, 0.25) is 0 Å². The lowest BCUT2D eigenvalue weighted by molar-refractivity contribution is 0.564. The van der Waals surface area contributed by atoms with Gasteiger partial charge < -0.3 is 0 Å². The highest BCUT2D eigenvalue weighted by Crippen LogP contribution is 2.32. The Balaban J connectivity index is 2.84. The Morgan fingerprint density at radius 2 is 1.59 bits per heavy atom. The van der Waals surface area contributed by atoms with E-state index < -0.39 is 0 Å². The maximum absolute atomic E-state index is 10.3. The van der Waals surface area contributed by atoms with E-state index in [9.17, 15) is 9.59 Å². The third-order valence-electron chi connectivity index (χ3n) is 2.61. The predicted molar refractivity (Wildman–Crippen MR) is 64.2 cm³/mol. The van der Waals surface area contributed by atoms with Gasteiger partial charge in [0.15, 0.2) is 0 Å². The molecule has 0 radical (unpaired) electrons. The summed E-state index contributed by atoms with van der Waals surface area (Å²) in [4.78, 5) is 27.8. The van der Waals surface area contributed by atoms with Crippen LogP contribution < -0.4 is 0 Å². The molecule has 0 amide bonds. The molecule has 0 atom stereocenters. The van der Waals surface area contributed by atoms with Gasteiger partial charge >= 0.3 is 0 Å². The first-order valence-corrected chi connectivity index (χ1v) is 4.96. The van der Waals surface area contributed by atoms with Crippen molar-refractivity contribution in [3.05, 3.63) is 35.9 Å². The van der Waals surface area contributed by atoms with Crippen LogP contribution in [0, 0.1) is 6.92 Å². The first-order valence-electron chi connectivity index (χ1n) is 4.96. The van der Waals surface area contributed by atoms with Gasteiger partial charge in [0.1, 0.15) is 0 Å². The van der Waals surface area contributed by atoms with Crippen LogP contribution in [0.5, 0.6) is 0 Å². The highest BCUT2D eigenvalue weighted by atomic mass is 16.1. The summed E-state index contributed by atoms with van der Waals surface area (Å²) in [5.41, 5.74) is 1.98. The molecule has 2 rings (SSSR count). The second-order valence-corrected chi connectivity index (χ2v) is 3.49. The average molecular weight is 224 g/mol. The van der Waals surface area contributed by atoms with E-state index in [1.54, 1.807) is 24.3 Å². The minimum absolute atomic E-state index is 0.558. The van der Waals surface area contributed by atoms with E-state index in [1.807, 2.05) is 13.0 Å². The minimum Gasteiger partial charge on any atom is -0.211 e. The van der Waals surface area contributed by atoms with Crippen molar-refractivity contribution in [2.45, 2.75) is 6.92 Å². The predicted octanol–water partition coefficient (Wildman–Crippen LogP) is 3.08. The van der Waals surface area contributed by atoms with Crippen LogP contribution in [0.1, 0.15) is 5.56 Å². The molecule has 0 spiro atoms. The molecule has 2 aromatic carbocycles. The number of aliphatic imine (C=N–C) groups is 2. The van der Waals surface area contributed by atoms with Crippen molar-refractivity contribution in [2.24, 2.45) is 9.98 Å². The molecule has 17 heavy (non-hydrogen) atoms. The number of nitrogens with zero attached hydrogens (tertiary/aromatic N) is 2. The number of hydrogen-bond donors (Lipinski definition) is 0. The van der Waals surface area contributed by atoms with Crippen molar-refractivity contribution in [3.8, 4) is 0 Å². The lowest BCUT2D eigenvalue weighted by Gasteiger charge is -2.05. The van der Waals surface area contributed by atoms with Gasteiger partial charge in [-0.15, -0.1) is 0 Å². The zero-order valence-electron chi connectivity index (χ0n) is 9.10. The summed E-state index contributed by atoms with van der Waals surface area (Å²) >= 11 is 0. The molecule has 0 aromatic heterocycles. The average Bonchev–Trinajstić information content (AvgIpc) is 2.34. The lowest BCUT2D eigenvalue weighted by Crippen LogP contribution is -1.80. The molecule has 0 N–H and O–H groups in total. The number of carbonyl (C=O) groups excluding carboxylic acids is 2. The van der Waals surface area contributed by atoms with Crippen LogP contribution in [0.25, 0.3) is 10.8 Å². The molecule has 0 fully saturated rings. The van der Waals surface area contributed by atoms with Gasteiger partial charge in [0.25, 0.3) is 0 Å². The highest BCUT2D eigenvalue weighted by Gasteiger charge is 2.05. The van der Waals surface area contributed by atoms with E-state index in [0.29, 0.717) is 11.4 Å². The van der Waals surface area contributed by atoms with E-state index >= 15 is 0 Å². The molecule has 0 saturated heterocycles. The van der Waals surface area contributed by atoms with Gasteiger partial charge in [-0.3, -0.25) is 0 Å². The number of isocyanates is 2. The number of aryl methyl sites for hydroxylation is 1. The molecular formula is C13H8N2O2. The molecular weight excluding hydrogens is 216 g/mol. The molecule has 4 heteroatoms. The Bertz CT molecular complexity index is 679. The molecule has 0 bridgehead atoms. The van der Waals surface area contributed by atoms with Crippen LogP contribution in [0.4, 0.5) is 11.4 Å². The summed E-state index contributed by atoms with van der Waals surface area (Å²) < 4.78 is 0. The quantitative estimate of drug-likeness (QED) is 0.581. The summed E-state index contributed by atoms with van der Waals surface area (Å²) in [7, 11) is 0. The summed E-state index contributed by atoms with van der Waals surface area (Å²) in [5, 5.41) is 1.73. The standard InChI is InChI=1S/C13H8N2O2/c1-9-10-3-2-4-13(15-8-17)11(10)5-6-12(9)14-7-16/h2-6H,1H3. The van der Waals surface area contributed by atoms with Gasteiger partial charge in [-0.2, -0.15) is 9.98 Å². The third kappa shape index (κ3) is 1.91. The van der Waals surface area contributed by atoms with Gasteiger partial charge in [0, 0.05) is 5.39 Å². The molecule has 82 valence electrons. The van der Waals surface area contributed by atoms with Crippen molar-refractivity contribution in [1.82, 2.24) is 0 Å². The van der Waals surface area contributed by atoms with Crippen molar-refractivity contribution < 1.29 is 9.59 Å². The summed E-state index contributed by atoms with van der Waals surface area (Å²) in [6, 6.07) is 8.88. The minimum atomic E-state index is 0.558. The smallest absolute Gasteiger partial charge is 0.211 e. The molecule has 0 unspecified atom stereocenters. The first-order chi connectivity index (χ1) is 8.27. The zero-order valence-corrected chi connectivity index (χ0v) is 9.10. The van der Waals surface area contributed by atoms with Crippen LogP contribution in [0.15, 0.2) is 40.3 Å². The maximum Gasteiger partial charge on any atom is 0.240 e. The van der Waals surface area contributed by atoms with E-state index in [0.717, 1.165) is 16.3 Å². The maximum atomic E-state index is 10.3. The van der Waals surface area contributed by atoms with Gasteiger partial charge in [0.05, 0.1) is 11.4 Å². The number of benzene rings is 2.